The number of carbonyl (C=O) groups excluding carboxylic acids is 1. The summed E-state index contributed by atoms with van der Waals surface area (Å²) >= 11 is 0. The van der Waals surface area contributed by atoms with E-state index in [1.165, 1.54) is 24.3 Å². The van der Waals surface area contributed by atoms with E-state index >= 15 is 0 Å². The molecule has 0 saturated carbocycles. The summed E-state index contributed by atoms with van der Waals surface area (Å²) in [7, 11) is 1.71. The van der Waals surface area contributed by atoms with Crippen molar-refractivity contribution in [1.29, 1.82) is 0 Å². The highest BCUT2D eigenvalue weighted by Gasteiger charge is 2.28. The summed E-state index contributed by atoms with van der Waals surface area (Å²) in [6.07, 6.45) is -0.0745. The van der Waals surface area contributed by atoms with Gasteiger partial charge in [-0.3, -0.25) is 9.79 Å². The largest absolute Gasteiger partial charge is 0.367 e. The van der Waals surface area contributed by atoms with E-state index in [9.17, 15) is 13.6 Å². The highest BCUT2D eigenvalue weighted by Crippen LogP contribution is 2.25. The topological polar surface area (TPSA) is 66.0 Å². The van der Waals surface area contributed by atoms with E-state index in [2.05, 4.69) is 20.5 Å². The molecule has 2 N–H and O–H groups in total. The first kappa shape index (κ1) is 22.7. The molecule has 2 unspecified atom stereocenters. The number of ether oxygens (including phenoxy) is 1. The molecule has 0 aromatic heterocycles. The Morgan fingerprint density at radius 2 is 1.84 bits per heavy atom. The molecule has 8 heteroatoms. The van der Waals surface area contributed by atoms with Crippen molar-refractivity contribution in [3.8, 4) is 0 Å². The molecule has 0 radical (unpaired) electrons. The van der Waals surface area contributed by atoms with Crippen molar-refractivity contribution in [1.82, 2.24) is 15.5 Å². The average molecular weight is 430 g/mol. The molecule has 1 amide bonds. The van der Waals surface area contributed by atoms with E-state index in [1.807, 2.05) is 6.92 Å². The van der Waals surface area contributed by atoms with Crippen LogP contribution in [0.25, 0.3) is 0 Å². The number of aliphatic imine (C=N–C) groups is 1. The van der Waals surface area contributed by atoms with Crippen molar-refractivity contribution >= 4 is 11.9 Å². The van der Waals surface area contributed by atoms with Crippen LogP contribution in [-0.4, -0.2) is 56.1 Å². The summed E-state index contributed by atoms with van der Waals surface area (Å²) in [6.45, 7) is 4.15. The molecule has 3 rings (SSSR count). The van der Waals surface area contributed by atoms with Crippen molar-refractivity contribution in [2.24, 2.45) is 4.99 Å². The summed E-state index contributed by atoms with van der Waals surface area (Å²) in [4.78, 5) is 18.5. The van der Waals surface area contributed by atoms with Crippen LogP contribution in [0.3, 0.4) is 0 Å². The van der Waals surface area contributed by atoms with Crippen LogP contribution in [-0.2, 0) is 16.0 Å². The van der Waals surface area contributed by atoms with Crippen molar-refractivity contribution in [2.45, 2.75) is 25.6 Å². The molecule has 1 aliphatic rings. The molecule has 31 heavy (non-hydrogen) atoms. The van der Waals surface area contributed by atoms with Gasteiger partial charge in [0, 0.05) is 26.7 Å². The molecule has 0 spiro atoms. The number of morpholine rings is 1. The van der Waals surface area contributed by atoms with E-state index in [0.717, 1.165) is 5.56 Å². The van der Waals surface area contributed by atoms with Crippen molar-refractivity contribution in [3.05, 3.63) is 71.3 Å². The molecule has 166 valence electrons. The monoisotopic (exact) mass is 430 g/mol. The van der Waals surface area contributed by atoms with Crippen LogP contribution in [0.15, 0.2) is 53.5 Å². The van der Waals surface area contributed by atoms with Gasteiger partial charge >= 0.3 is 0 Å². The first-order valence-corrected chi connectivity index (χ1v) is 10.3. The molecule has 1 saturated heterocycles. The maximum atomic E-state index is 13.2. The molecule has 1 heterocycles. The minimum atomic E-state index is -0.352. The predicted octanol–water partition coefficient (Wildman–Crippen LogP) is 2.66. The van der Waals surface area contributed by atoms with Gasteiger partial charge in [0.15, 0.2) is 5.96 Å². The van der Waals surface area contributed by atoms with Crippen LogP contribution in [0, 0.1) is 11.6 Å². The van der Waals surface area contributed by atoms with Crippen LogP contribution >= 0.6 is 0 Å². The SMILES string of the molecule is CN=C(NCCNC(=O)Cc1cccc(F)c1)N1CC(C)OC(c2ccc(F)cc2)C1. The van der Waals surface area contributed by atoms with Crippen LogP contribution in [0.1, 0.15) is 24.2 Å². The standard InChI is InChI=1S/C23H28F2N4O2/c1-16-14-29(15-21(31-16)18-6-8-19(24)9-7-18)23(26-2)28-11-10-27-22(30)13-17-4-3-5-20(25)12-17/h3-9,12,16,21H,10-11,13-15H2,1-2H3,(H,26,28)(H,27,30). The Kier molecular flexibility index (Phi) is 7.94. The molecule has 1 aliphatic heterocycles. The second-order valence-electron chi connectivity index (χ2n) is 7.52. The van der Waals surface area contributed by atoms with Crippen molar-refractivity contribution in [2.75, 3.05) is 33.2 Å². The Morgan fingerprint density at radius 3 is 2.55 bits per heavy atom. The maximum absolute atomic E-state index is 13.2. The zero-order chi connectivity index (χ0) is 22.2. The lowest BCUT2D eigenvalue weighted by Crippen LogP contribution is -2.51. The van der Waals surface area contributed by atoms with Gasteiger partial charge in [-0.1, -0.05) is 24.3 Å². The summed E-state index contributed by atoms with van der Waals surface area (Å²) in [5, 5.41) is 6.08. The number of amides is 1. The fourth-order valence-electron chi connectivity index (χ4n) is 3.59. The molecule has 2 aromatic rings. The average Bonchev–Trinajstić information content (AvgIpc) is 2.74. The summed E-state index contributed by atoms with van der Waals surface area (Å²) in [5.74, 6) is -0.0868. The number of benzene rings is 2. The minimum Gasteiger partial charge on any atom is -0.367 e. The number of carbonyl (C=O) groups is 1. The normalized spacial score (nSPS) is 19.2. The molecular formula is C23H28F2N4O2. The molecule has 0 aliphatic carbocycles. The van der Waals surface area contributed by atoms with Crippen LogP contribution in [0.2, 0.25) is 0 Å². The zero-order valence-corrected chi connectivity index (χ0v) is 17.8. The Labute approximate surface area is 181 Å². The summed E-state index contributed by atoms with van der Waals surface area (Å²) in [5.41, 5.74) is 1.55. The number of halogens is 2. The van der Waals surface area contributed by atoms with Gasteiger partial charge in [-0.2, -0.15) is 0 Å². The highest BCUT2D eigenvalue weighted by atomic mass is 19.1. The van der Waals surface area contributed by atoms with Gasteiger partial charge in [0.1, 0.15) is 17.7 Å². The molecular weight excluding hydrogens is 402 g/mol. The number of nitrogens with zero attached hydrogens (tertiary/aromatic N) is 2. The molecule has 2 atom stereocenters. The quantitative estimate of drug-likeness (QED) is 0.420. The fraction of sp³-hybridized carbons (Fsp3) is 0.391. The second-order valence-corrected chi connectivity index (χ2v) is 7.52. The van der Waals surface area contributed by atoms with Crippen molar-refractivity contribution in [3.63, 3.8) is 0 Å². The summed E-state index contributed by atoms with van der Waals surface area (Å²) < 4.78 is 32.5. The third-order valence-electron chi connectivity index (χ3n) is 5.00. The molecule has 1 fully saturated rings. The number of guanidine groups is 1. The van der Waals surface area contributed by atoms with Gasteiger partial charge in [0.2, 0.25) is 5.91 Å². The van der Waals surface area contributed by atoms with Gasteiger partial charge in [-0.15, -0.1) is 0 Å². The smallest absolute Gasteiger partial charge is 0.224 e. The third kappa shape index (κ3) is 6.75. The van der Waals surface area contributed by atoms with E-state index in [0.29, 0.717) is 37.7 Å². The highest BCUT2D eigenvalue weighted by molar-refractivity contribution is 5.80. The van der Waals surface area contributed by atoms with Gasteiger partial charge in [0.05, 0.1) is 19.1 Å². The Morgan fingerprint density at radius 1 is 1.10 bits per heavy atom. The van der Waals surface area contributed by atoms with E-state index in [-0.39, 0.29) is 36.2 Å². The van der Waals surface area contributed by atoms with Crippen LogP contribution < -0.4 is 10.6 Å². The van der Waals surface area contributed by atoms with E-state index in [4.69, 9.17) is 4.74 Å². The fourth-order valence-corrected chi connectivity index (χ4v) is 3.59. The van der Waals surface area contributed by atoms with Crippen molar-refractivity contribution < 1.29 is 18.3 Å². The van der Waals surface area contributed by atoms with Crippen LogP contribution in [0.4, 0.5) is 8.78 Å². The maximum Gasteiger partial charge on any atom is 0.224 e. The Hall–Kier alpha value is -3.00. The zero-order valence-electron chi connectivity index (χ0n) is 17.8. The van der Waals surface area contributed by atoms with Crippen LogP contribution in [0.5, 0.6) is 0 Å². The molecule has 6 nitrogen and oxygen atoms in total. The van der Waals surface area contributed by atoms with Gasteiger partial charge in [-0.05, 0) is 42.3 Å². The van der Waals surface area contributed by atoms with Gasteiger partial charge in [0.25, 0.3) is 0 Å². The Balaban J connectivity index is 1.47. The number of hydrogen-bond acceptors (Lipinski definition) is 3. The lowest BCUT2D eigenvalue weighted by molar-refractivity contribution is -0.120. The first-order chi connectivity index (χ1) is 14.9. The molecule has 2 aromatic carbocycles. The second kappa shape index (κ2) is 10.9. The predicted molar refractivity (Wildman–Crippen MR) is 116 cm³/mol. The Bertz CT molecular complexity index is 905. The number of rotatable bonds is 6. The number of nitrogens with one attached hydrogen (secondary N) is 2. The van der Waals surface area contributed by atoms with E-state index < -0.39 is 0 Å². The summed E-state index contributed by atoms with van der Waals surface area (Å²) in [6, 6.07) is 12.4. The first-order valence-electron chi connectivity index (χ1n) is 10.3. The lowest BCUT2D eigenvalue weighted by atomic mass is 10.1. The lowest BCUT2D eigenvalue weighted by Gasteiger charge is -2.38. The molecule has 0 bridgehead atoms. The van der Waals surface area contributed by atoms with Gasteiger partial charge in [-0.25, -0.2) is 8.78 Å². The van der Waals surface area contributed by atoms with E-state index in [1.54, 1.807) is 31.3 Å². The number of hydrogen-bond donors (Lipinski definition) is 2. The minimum absolute atomic E-state index is 0.0201. The van der Waals surface area contributed by atoms with Gasteiger partial charge < -0.3 is 20.3 Å². The third-order valence-corrected chi connectivity index (χ3v) is 5.00.